The number of aliphatic hydroxyl groups excluding tert-OH is 1. The fraction of sp³-hybridized carbons (Fsp3) is 0.897. The topological polar surface area (TPSA) is 55.8 Å². The number of aliphatic hydroxyl groups is 1. The van der Waals surface area contributed by atoms with Gasteiger partial charge in [0.2, 0.25) is 5.79 Å². The van der Waals surface area contributed by atoms with Crippen LogP contribution in [-0.2, 0) is 14.3 Å². The van der Waals surface area contributed by atoms with Gasteiger partial charge in [0.25, 0.3) is 0 Å². The first-order chi connectivity index (χ1) is 15.6. The molecule has 2 aliphatic heterocycles. The van der Waals surface area contributed by atoms with Gasteiger partial charge in [-0.25, -0.2) is 4.79 Å². The van der Waals surface area contributed by atoms with E-state index in [0.29, 0.717) is 45.0 Å². The van der Waals surface area contributed by atoms with Gasteiger partial charge in [0.15, 0.2) is 0 Å². The van der Waals surface area contributed by atoms with Gasteiger partial charge < -0.3 is 14.6 Å². The summed E-state index contributed by atoms with van der Waals surface area (Å²) >= 11 is 0. The summed E-state index contributed by atoms with van der Waals surface area (Å²) < 4.78 is 11.9. The summed E-state index contributed by atoms with van der Waals surface area (Å²) in [6.07, 6.45) is 14.5. The number of hydrogen-bond donors (Lipinski definition) is 1. The van der Waals surface area contributed by atoms with Crippen molar-refractivity contribution in [3.63, 3.8) is 0 Å². The molecule has 4 nitrogen and oxygen atoms in total. The standard InChI is InChI=1S/C29H42O4/c1-17-13-29(33-24(17)31)14-19(15-32-29)21-7-9-26(4)23-6-5-20-18(2)22(30)8-10-27(20)16-28(23,27)12-11-25(21,26)3/h13,18-23,30H,5-12,14-16H2,1-4H3. The van der Waals surface area contributed by atoms with E-state index in [1.807, 2.05) is 13.0 Å². The van der Waals surface area contributed by atoms with Crippen LogP contribution in [0.5, 0.6) is 0 Å². The number of hydrogen-bond acceptors (Lipinski definition) is 4. The van der Waals surface area contributed by atoms with E-state index in [1.165, 1.54) is 51.4 Å². The fourth-order valence-corrected chi connectivity index (χ4v) is 11.6. The highest BCUT2D eigenvalue weighted by Crippen LogP contribution is 2.88. The highest BCUT2D eigenvalue weighted by molar-refractivity contribution is 5.90. The van der Waals surface area contributed by atoms with Crippen molar-refractivity contribution in [1.82, 2.24) is 0 Å². The molecule has 5 aliphatic carbocycles. The average molecular weight is 455 g/mol. The Hall–Kier alpha value is -0.870. The van der Waals surface area contributed by atoms with Crippen molar-refractivity contribution >= 4 is 5.97 Å². The summed E-state index contributed by atoms with van der Waals surface area (Å²) in [6, 6.07) is 0. The summed E-state index contributed by atoms with van der Waals surface area (Å²) in [6.45, 7) is 10.2. The largest absolute Gasteiger partial charge is 0.426 e. The first-order valence-electron chi connectivity index (χ1n) is 13.8. The van der Waals surface area contributed by atoms with Crippen molar-refractivity contribution in [2.75, 3.05) is 6.61 Å². The number of rotatable bonds is 1. The molecule has 7 rings (SSSR count). The van der Waals surface area contributed by atoms with Gasteiger partial charge in [0, 0.05) is 12.0 Å². The lowest BCUT2D eigenvalue weighted by Gasteiger charge is -2.62. The normalized spacial score (nSPS) is 61.1. The van der Waals surface area contributed by atoms with Crippen LogP contribution in [0.1, 0.15) is 91.9 Å². The average Bonchev–Trinajstić information content (AvgIpc) is 2.94. The van der Waals surface area contributed by atoms with Gasteiger partial charge in [-0.3, -0.25) is 0 Å². The predicted octanol–water partition coefficient (Wildman–Crippen LogP) is 5.63. The lowest BCUT2D eigenvalue weighted by Crippen LogP contribution is -2.56. The lowest BCUT2D eigenvalue weighted by atomic mass is 9.43. The molecule has 0 aromatic carbocycles. The zero-order valence-corrected chi connectivity index (χ0v) is 21.0. The Labute approximate surface area is 198 Å². The molecule has 0 radical (unpaired) electrons. The van der Waals surface area contributed by atoms with E-state index in [4.69, 9.17) is 9.47 Å². The van der Waals surface area contributed by atoms with Crippen LogP contribution in [-0.4, -0.2) is 29.6 Å². The van der Waals surface area contributed by atoms with Crippen molar-refractivity contribution in [2.45, 2.75) is 104 Å². The minimum atomic E-state index is -0.783. The molecule has 33 heavy (non-hydrogen) atoms. The Kier molecular flexibility index (Phi) is 4.07. The Morgan fingerprint density at radius 3 is 2.55 bits per heavy atom. The van der Waals surface area contributed by atoms with Crippen LogP contribution in [0.4, 0.5) is 0 Å². The Morgan fingerprint density at radius 2 is 1.79 bits per heavy atom. The molecule has 2 heterocycles. The number of esters is 1. The number of carbonyl (C=O) groups is 1. The molecule has 1 saturated heterocycles. The molecule has 7 aliphatic rings. The third-order valence-electron chi connectivity index (χ3n) is 13.4. The van der Waals surface area contributed by atoms with E-state index < -0.39 is 5.79 Å². The molecule has 0 bridgehead atoms. The van der Waals surface area contributed by atoms with E-state index in [0.717, 1.165) is 31.3 Å². The second-order valence-electron chi connectivity index (χ2n) is 14.0. The van der Waals surface area contributed by atoms with E-state index in [2.05, 4.69) is 20.8 Å². The molecule has 11 unspecified atom stereocenters. The van der Waals surface area contributed by atoms with Crippen LogP contribution >= 0.6 is 0 Å². The summed E-state index contributed by atoms with van der Waals surface area (Å²) in [4.78, 5) is 12.1. The first-order valence-corrected chi connectivity index (χ1v) is 13.8. The fourth-order valence-electron chi connectivity index (χ4n) is 11.6. The zero-order chi connectivity index (χ0) is 23.0. The van der Waals surface area contributed by atoms with Crippen LogP contribution < -0.4 is 0 Å². The summed E-state index contributed by atoms with van der Waals surface area (Å²) in [7, 11) is 0. The van der Waals surface area contributed by atoms with Gasteiger partial charge in [0.1, 0.15) is 0 Å². The van der Waals surface area contributed by atoms with Crippen molar-refractivity contribution in [2.24, 2.45) is 51.2 Å². The van der Waals surface area contributed by atoms with Gasteiger partial charge in [-0.15, -0.1) is 0 Å². The Morgan fingerprint density at radius 1 is 0.970 bits per heavy atom. The third-order valence-corrected chi connectivity index (χ3v) is 13.4. The molecule has 4 heteroatoms. The van der Waals surface area contributed by atoms with Gasteiger partial charge >= 0.3 is 5.97 Å². The molecule has 0 aromatic rings. The first kappa shape index (κ1) is 21.4. The molecule has 11 atom stereocenters. The summed E-state index contributed by atoms with van der Waals surface area (Å²) in [5.74, 6) is 2.22. The quantitative estimate of drug-likeness (QED) is 0.522. The molecule has 1 N–H and O–H groups in total. The third kappa shape index (κ3) is 2.35. The SMILES string of the molecule is CC1=CC2(CC(C3CCC4(C)C5CCC6C(C)C(O)CCC67CC57CCC34C)CO2)OC1=O. The van der Waals surface area contributed by atoms with Gasteiger partial charge in [-0.2, -0.15) is 0 Å². The molecule has 6 fully saturated rings. The summed E-state index contributed by atoms with van der Waals surface area (Å²) in [5, 5.41) is 10.6. The minimum Gasteiger partial charge on any atom is -0.426 e. The van der Waals surface area contributed by atoms with Crippen LogP contribution in [0.15, 0.2) is 11.6 Å². The number of fused-ring (bicyclic) bond motifs is 2. The number of ether oxygens (including phenoxy) is 2. The van der Waals surface area contributed by atoms with Gasteiger partial charge in [-0.1, -0.05) is 20.8 Å². The minimum absolute atomic E-state index is 0.0767. The predicted molar refractivity (Wildman–Crippen MR) is 125 cm³/mol. The zero-order valence-electron chi connectivity index (χ0n) is 21.0. The van der Waals surface area contributed by atoms with Crippen LogP contribution in [0.3, 0.4) is 0 Å². The molecular weight excluding hydrogens is 412 g/mol. The molecule has 3 spiro atoms. The Balaban J connectivity index is 1.17. The second kappa shape index (κ2) is 6.27. The van der Waals surface area contributed by atoms with Crippen molar-refractivity contribution in [1.29, 1.82) is 0 Å². The van der Waals surface area contributed by atoms with Crippen molar-refractivity contribution < 1.29 is 19.4 Å². The molecule has 182 valence electrons. The van der Waals surface area contributed by atoms with E-state index in [-0.39, 0.29) is 12.1 Å². The second-order valence-corrected chi connectivity index (χ2v) is 14.0. The van der Waals surface area contributed by atoms with Crippen LogP contribution in [0, 0.1) is 51.2 Å². The van der Waals surface area contributed by atoms with Gasteiger partial charge in [0.05, 0.1) is 12.7 Å². The summed E-state index contributed by atoms with van der Waals surface area (Å²) in [5.41, 5.74) is 2.54. The van der Waals surface area contributed by atoms with Crippen molar-refractivity contribution in [3.05, 3.63) is 11.6 Å². The molecular formula is C29H42O4. The maximum Gasteiger partial charge on any atom is 0.336 e. The molecule has 5 saturated carbocycles. The smallest absolute Gasteiger partial charge is 0.336 e. The molecule has 0 amide bonds. The maximum atomic E-state index is 12.1. The van der Waals surface area contributed by atoms with E-state index >= 15 is 0 Å². The van der Waals surface area contributed by atoms with E-state index in [1.54, 1.807) is 0 Å². The Bertz CT molecular complexity index is 942. The van der Waals surface area contributed by atoms with Crippen molar-refractivity contribution in [3.8, 4) is 0 Å². The number of carbonyl (C=O) groups excluding carboxylic acids is 1. The monoisotopic (exact) mass is 454 g/mol. The van der Waals surface area contributed by atoms with Gasteiger partial charge in [-0.05, 0) is 122 Å². The van der Waals surface area contributed by atoms with Crippen LogP contribution in [0.2, 0.25) is 0 Å². The van der Waals surface area contributed by atoms with E-state index in [9.17, 15) is 9.90 Å². The van der Waals surface area contributed by atoms with Crippen LogP contribution in [0.25, 0.3) is 0 Å². The highest BCUT2D eigenvalue weighted by atomic mass is 16.7. The maximum absolute atomic E-state index is 12.1. The lowest BCUT2D eigenvalue weighted by molar-refractivity contribution is -0.182. The molecule has 0 aromatic heterocycles. The highest BCUT2D eigenvalue weighted by Gasteiger charge is 2.81.